The zero-order chi connectivity index (χ0) is 27.4. The van der Waals surface area contributed by atoms with Gasteiger partial charge in [-0.2, -0.15) is 0 Å². The van der Waals surface area contributed by atoms with Crippen LogP contribution in [0.15, 0.2) is 83.8 Å². The van der Waals surface area contributed by atoms with Crippen molar-refractivity contribution in [1.29, 1.82) is 5.41 Å². The van der Waals surface area contributed by atoms with E-state index in [1.165, 1.54) is 36.4 Å². The number of carbonyl (C=O) groups excluding carboxylic acids is 5. The number of fused-ring (bicyclic) bond motifs is 4. The van der Waals surface area contributed by atoms with Crippen LogP contribution in [0.2, 0.25) is 0 Å². The van der Waals surface area contributed by atoms with Gasteiger partial charge in [0.15, 0.2) is 0 Å². The molecule has 0 aromatic heterocycles. The Bertz CT molecular complexity index is 1890. The van der Waals surface area contributed by atoms with Crippen molar-refractivity contribution in [3.63, 3.8) is 0 Å². The van der Waals surface area contributed by atoms with Crippen LogP contribution >= 0.6 is 0 Å². The first-order chi connectivity index (χ1) is 18.8. The fourth-order valence-corrected chi connectivity index (χ4v) is 5.08. The molecule has 6 rings (SSSR count). The van der Waals surface area contributed by atoms with Gasteiger partial charge >= 0.3 is 216 Å². The molecule has 2 aliphatic rings. The molecule has 0 amide bonds. The molecule has 0 fully saturated rings. The van der Waals surface area contributed by atoms with Gasteiger partial charge in [-0.25, -0.2) is 0 Å². The monoisotopic (exact) mass is 509 g/mol. The third-order valence-electron chi connectivity index (χ3n) is 6.96. The van der Waals surface area contributed by atoms with Crippen LogP contribution in [-0.2, 0) is 0 Å². The molecule has 0 aliphatic heterocycles. The van der Waals surface area contributed by atoms with E-state index in [0.717, 1.165) is 7.21 Å². The third-order valence-corrected chi connectivity index (χ3v) is 6.96. The second-order valence-electron chi connectivity index (χ2n) is 9.03. The summed E-state index contributed by atoms with van der Waals surface area (Å²) in [4.78, 5) is 70.2. The van der Waals surface area contributed by atoms with Crippen LogP contribution < -0.4 is 5.64 Å². The third kappa shape index (κ3) is 3.48. The van der Waals surface area contributed by atoms with Gasteiger partial charge in [0, 0.05) is 0 Å². The van der Waals surface area contributed by atoms with Gasteiger partial charge < -0.3 is 0 Å². The normalized spacial score (nSPS) is 13.3. The number of nitrogens with one attached hydrogen (secondary N) is 1. The number of nitrogens with zero attached hydrogens (tertiary/aromatic N) is 1. The number of Topliss-reactive ketones (excluding diaryl/α,β-unsaturated/α-hetero) is 1. The number of carbonyl (C=O) groups is 5. The van der Waals surface area contributed by atoms with Crippen molar-refractivity contribution < 1.29 is 24.0 Å². The summed E-state index contributed by atoms with van der Waals surface area (Å²) in [5, 5.41) is 8.65. The standard InChI is InChI=1S/C30H16BN3O5/c32-24(14-9-10-19-22(13-14)28(37)16-6-2-1-5-15(16)26(19)35)30(39)21-12-11-20-23(25(21)34-31-33)29(38)18-8-4-3-7-17(18)27(20)36/h1-13,32H,33H2. The van der Waals surface area contributed by atoms with Crippen molar-refractivity contribution in [2.75, 3.05) is 0 Å². The molecular formula is C30H16BN3O5. The van der Waals surface area contributed by atoms with E-state index in [4.69, 9.17) is 11.1 Å². The summed E-state index contributed by atoms with van der Waals surface area (Å²) in [6.07, 6.45) is 0. The van der Waals surface area contributed by atoms with Gasteiger partial charge in [-0.05, 0) is 0 Å². The molecule has 0 unspecified atom stereocenters. The molecule has 3 N–H and O–H groups in total. The maximum atomic E-state index is 13.6. The first-order valence-electron chi connectivity index (χ1n) is 11.9. The van der Waals surface area contributed by atoms with Crippen LogP contribution in [0.25, 0.3) is 0 Å². The molecule has 4 aromatic carbocycles. The van der Waals surface area contributed by atoms with Crippen molar-refractivity contribution in [3.05, 3.63) is 134 Å². The number of hydrogen-bond donors (Lipinski definition) is 2. The van der Waals surface area contributed by atoms with Gasteiger partial charge in [-0.3, -0.25) is 0 Å². The van der Waals surface area contributed by atoms with Crippen molar-refractivity contribution in [3.8, 4) is 0 Å². The summed E-state index contributed by atoms with van der Waals surface area (Å²) in [5.74, 6) is -2.37. The fourth-order valence-electron chi connectivity index (χ4n) is 5.08. The molecule has 0 bridgehead atoms. The van der Waals surface area contributed by atoms with Gasteiger partial charge in [0.05, 0.1) is 0 Å². The summed E-state index contributed by atoms with van der Waals surface area (Å²) >= 11 is 0. The van der Waals surface area contributed by atoms with Crippen LogP contribution in [0.3, 0.4) is 0 Å². The first kappa shape index (κ1) is 23.9. The fraction of sp³-hybridized carbons (Fsp3) is 0. The van der Waals surface area contributed by atoms with E-state index in [2.05, 4.69) is 4.90 Å². The number of benzene rings is 4. The summed E-state index contributed by atoms with van der Waals surface area (Å²) in [7, 11) is 0.912. The summed E-state index contributed by atoms with van der Waals surface area (Å²) in [5.41, 5.74) is 6.22. The average molecular weight is 509 g/mol. The SMILES string of the molecule is N=C(C(=O)c1ccc2c(c1N=BN)C(=O)c1ccccc1C2=O)c1ccc2c(c1)C(=O)c1ccccc1C2=O. The molecule has 0 saturated heterocycles. The van der Waals surface area contributed by atoms with E-state index in [-0.39, 0.29) is 73.1 Å². The zero-order valence-corrected chi connectivity index (χ0v) is 20.1. The second kappa shape index (κ2) is 8.85. The zero-order valence-electron chi connectivity index (χ0n) is 20.1. The molecule has 8 nitrogen and oxygen atoms in total. The van der Waals surface area contributed by atoms with Crippen molar-refractivity contribution in [2.45, 2.75) is 0 Å². The predicted octanol–water partition coefficient (Wildman–Crippen LogP) is 3.88. The molecule has 0 heterocycles. The summed E-state index contributed by atoms with van der Waals surface area (Å²) < 4.78 is 0. The number of nitrogens with two attached hydrogens (primary N) is 1. The number of rotatable bonds is 4. The maximum absolute atomic E-state index is 13.6. The van der Waals surface area contributed by atoms with Gasteiger partial charge in [-0.15, -0.1) is 0 Å². The van der Waals surface area contributed by atoms with Crippen molar-refractivity contribution in [2.24, 2.45) is 10.5 Å². The van der Waals surface area contributed by atoms with Crippen molar-refractivity contribution >= 4 is 47.5 Å². The Hall–Kier alpha value is -5.44. The Kier molecular flexibility index (Phi) is 5.43. The van der Waals surface area contributed by atoms with Gasteiger partial charge in [0.1, 0.15) is 0 Å². The first-order valence-corrected chi connectivity index (χ1v) is 11.9. The molecule has 0 saturated carbocycles. The molecule has 2 aliphatic carbocycles. The second-order valence-corrected chi connectivity index (χ2v) is 9.03. The molecule has 9 heteroatoms. The van der Waals surface area contributed by atoms with Crippen LogP contribution in [0.1, 0.15) is 79.6 Å². The minimum absolute atomic E-state index is 0.0677. The average Bonchev–Trinajstić information content (AvgIpc) is 2.97. The van der Waals surface area contributed by atoms with Gasteiger partial charge in [0.2, 0.25) is 0 Å². The molecular weight excluding hydrogens is 493 g/mol. The Morgan fingerprint density at radius 2 is 1.13 bits per heavy atom. The molecule has 0 atom stereocenters. The molecule has 184 valence electrons. The van der Waals surface area contributed by atoms with Crippen molar-refractivity contribution in [1.82, 2.24) is 0 Å². The quantitative estimate of drug-likeness (QED) is 0.209. The molecule has 39 heavy (non-hydrogen) atoms. The van der Waals surface area contributed by atoms with Crippen LogP contribution in [0.5, 0.6) is 0 Å². The van der Waals surface area contributed by atoms with E-state index in [1.807, 2.05) is 0 Å². The number of ketones is 5. The number of hydrogen-bond acceptors (Lipinski definition) is 7. The van der Waals surface area contributed by atoms with E-state index < -0.39 is 17.3 Å². The minimum atomic E-state index is -0.799. The molecule has 4 aromatic rings. The predicted molar refractivity (Wildman–Crippen MR) is 143 cm³/mol. The molecule has 0 spiro atoms. The van der Waals surface area contributed by atoms with E-state index in [0.29, 0.717) is 5.56 Å². The van der Waals surface area contributed by atoms with E-state index in [1.54, 1.807) is 42.5 Å². The summed E-state index contributed by atoms with van der Waals surface area (Å²) in [6.45, 7) is 0. The van der Waals surface area contributed by atoms with Crippen LogP contribution in [0, 0.1) is 5.41 Å². The summed E-state index contributed by atoms with van der Waals surface area (Å²) in [6, 6.07) is 19.7. The Morgan fingerprint density at radius 3 is 1.72 bits per heavy atom. The van der Waals surface area contributed by atoms with Crippen LogP contribution in [0.4, 0.5) is 5.69 Å². The Morgan fingerprint density at radius 1 is 0.641 bits per heavy atom. The Labute approximate surface area is 222 Å². The van der Waals surface area contributed by atoms with E-state index >= 15 is 0 Å². The van der Waals surface area contributed by atoms with Crippen LogP contribution in [-0.4, -0.2) is 41.8 Å². The topological polar surface area (TPSA) is 148 Å². The van der Waals surface area contributed by atoms with Gasteiger partial charge in [0.25, 0.3) is 0 Å². The van der Waals surface area contributed by atoms with E-state index in [9.17, 15) is 24.0 Å². The van der Waals surface area contributed by atoms with Gasteiger partial charge in [-0.1, -0.05) is 6.07 Å². The Balaban J connectivity index is 1.43. The molecule has 0 radical (unpaired) electrons.